The van der Waals surface area contributed by atoms with E-state index in [0.717, 1.165) is 22.7 Å². The third kappa shape index (κ3) is 5.11. The van der Waals surface area contributed by atoms with Crippen molar-refractivity contribution in [1.82, 2.24) is 24.5 Å². The summed E-state index contributed by atoms with van der Waals surface area (Å²) in [6.07, 6.45) is 5.09. The number of rotatable bonds is 8. The van der Waals surface area contributed by atoms with E-state index in [9.17, 15) is 4.79 Å². The molecule has 5 aromatic rings. The number of benzene rings is 3. The molecule has 1 amide bonds. The molecule has 0 N–H and O–H groups in total. The fourth-order valence-corrected chi connectivity index (χ4v) is 3.73. The molecule has 0 unspecified atom stereocenters. The van der Waals surface area contributed by atoms with Crippen LogP contribution in [0.4, 0.5) is 5.69 Å². The molecule has 2 aromatic heterocycles. The molecule has 0 atom stereocenters. The molecular formula is C27H24N6O2. The van der Waals surface area contributed by atoms with Crippen LogP contribution < -0.4 is 9.64 Å². The lowest BCUT2D eigenvalue weighted by atomic mass is 10.2. The molecule has 35 heavy (non-hydrogen) atoms. The molecule has 0 radical (unpaired) electrons. The molecule has 0 saturated carbocycles. The van der Waals surface area contributed by atoms with Gasteiger partial charge in [0.1, 0.15) is 12.4 Å². The molecular weight excluding hydrogens is 440 g/mol. The lowest BCUT2D eigenvalue weighted by molar-refractivity contribution is 0.0977. The molecule has 8 nitrogen and oxygen atoms in total. The molecule has 8 heteroatoms. The van der Waals surface area contributed by atoms with E-state index < -0.39 is 0 Å². The minimum atomic E-state index is -0.234. The van der Waals surface area contributed by atoms with E-state index >= 15 is 0 Å². The number of hydrogen-bond donors (Lipinski definition) is 0. The summed E-state index contributed by atoms with van der Waals surface area (Å²) >= 11 is 0. The zero-order valence-corrected chi connectivity index (χ0v) is 19.2. The van der Waals surface area contributed by atoms with Crippen LogP contribution in [-0.4, -0.2) is 30.5 Å². The van der Waals surface area contributed by atoms with E-state index in [0.29, 0.717) is 24.5 Å². The summed E-state index contributed by atoms with van der Waals surface area (Å²) in [4.78, 5) is 19.8. The van der Waals surface area contributed by atoms with Crippen molar-refractivity contribution in [3.63, 3.8) is 0 Å². The number of carbonyl (C=O) groups is 1. The Morgan fingerprint density at radius 1 is 0.943 bits per heavy atom. The van der Waals surface area contributed by atoms with Gasteiger partial charge in [-0.3, -0.25) is 4.79 Å². The Kier molecular flexibility index (Phi) is 6.34. The van der Waals surface area contributed by atoms with Gasteiger partial charge in [-0.15, -0.1) is 5.10 Å². The smallest absolute Gasteiger partial charge is 0.279 e. The molecule has 174 valence electrons. The summed E-state index contributed by atoms with van der Waals surface area (Å²) in [6.45, 7) is 0.766. The van der Waals surface area contributed by atoms with Crippen molar-refractivity contribution < 1.29 is 9.53 Å². The van der Waals surface area contributed by atoms with E-state index in [2.05, 4.69) is 15.3 Å². The lowest BCUT2D eigenvalue weighted by Crippen LogP contribution is -2.32. The van der Waals surface area contributed by atoms with Crippen LogP contribution in [-0.2, 0) is 20.2 Å². The summed E-state index contributed by atoms with van der Waals surface area (Å²) in [6, 6.07) is 26.9. The minimum Gasteiger partial charge on any atom is -0.489 e. The van der Waals surface area contributed by atoms with Crippen LogP contribution in [0.1, 0.15) is 21.7 Å². The number of aryl methyl sites for hydroxylation is 1. The standard InChI is InChI=1S/C27H24N6O2/c1-31-17-22(28-20-31)18-32(27(34)26-16-29-30-33(26)24-10-6-3-7-11-24)23-12-14-25(15-13-23)35-19-21-8-4-2-5-9-21/h2-17,20H,18-19H2,1H3. The summed E-state index contributed by atoms with van der Waals surface area (Å²) in [5, 5.41) is 8.14. The van der Waals surface area contributed by atoms with E-state index in [-0.39, 0.29) is 5.91 Å². The molecule has 5 rings (SSSR count). The highest BCUT2D eigenvalue weighted by Gasteiger charge is 2.24. The largest absolute Gasteiger partial charge is 0.489 e. The van der Waals surface area contributed by atoms with Crippen molar-refractivity contribution in [3.05, 3.63) is 121 Å². The molecule has 0 aliphatic carbocycles. The second-order valence-corrected chi connectivity index (χ2v) is 8.06. The van der Waals surface area contributed by atoms with Crippen LogP contribution >= 0.6 is 0 Å². The molecule has 0 bridgehead atoms. The Bertz CT molecular complexity index is 1390. The van der Waals surface area contributed by atoms with Crippen molar-refractivity contribution in [2.75, 3.05) is 4.90 Å². The maximum Gasteiger partial charge on any atom is 0.279 e. The fourth-order valence-electron chi connectivity index (χ4n) is 3.73. The van der Waals surface area contributed by atoms with Gasteiger partial charge in [0.25, 0.3) is 5.91 Å². The minimum absolute atomic E-state index is 0.234. The van der Waals surface area contributed by atoms with Crippen LogP contribution in [0.25, 0.3) is 5.69 Å². The Balaban J connectivity index is 1.42. The summed E-state index contributed by atoms with van der Waals surface area (Å²) < 4.78 is 9.32. The first kappa shape index (κ1) is 22.1. The Hall–Kier alpha value is -4.72. The predicted octanol–water partition coefficient (Wildman–Crippen LogP) is 4.43. The molecule has 0 aliphatic heterocycles. The molecule has 2 heterocycles. The van der Waals surface area contributed by atoms with Gasteiger partial charge in [0.05, 0.1) is 30.5 Å². The van der Waals surface area contributed by atoms with Crippen LogP contribution in [0.3, 0.4) is 0 Å². The summed E-state index contributed by atoms with van der Waals surface area (Å²) in [5.41, 5.74) is 3.69. The Labute approximate surface area is 203 Å². The third-order valence-corrected chi connectivity index (χ3v) is 5.49. The van der Waals surface area contributed by atoms with E-state index in [1.54, 1.807) is 15.9 Å². The van der Waals surface area contributed by atoms with Gasteiger partial charge in [-0.1, -0.05) is 53.7 Å². The first-order chi connectivity index (χ1) is 17.2. The quantitative estimate of drug-likeness (QED) is 0.340. The topological polar surface area (TPSA) is 78.1 Å². The normalized spacial score (nSPS) is 10.8. The van der Waals surface area contributed by atoms with Gasteiger partial charge in [0, 0.05) is 18.9 Å². The Morgan fingerprint density at radius 3 is 2.34 bits per heavy atom. The van der Waals surface area contributed by atoms with E-state index in [1.165, 1.54) is 6.20 Å². The first-order valence-corrected chi connectivity index (χ1v) is 11.2. The van der Waals surface area contributed by atoms with Crippen molar-refractivity contribution in [3.8, 4) is 11.4 Å². The van der Waals surface area contributed by atoms with E-state index in [1.807, 2.05) is 103 Å². The van der Waals surface area contributed by atoms with Gasteiger partial charge < -0.3 is 14.2 Å². The van der Waals surface area contributed by atoms with Gasteiger partial charge >= 0.3 is 0 Å². The highest BCUT2D eigenvalue weighted by atomic mass is 16.5. The van der Waals surface area contributed by atoms with Gasteiger partial charge in [-0.25, -0.2) is 9.67 Å². The van der Waals surface area contributed by atoms with Crippen LogP contribution in [0.2, 0.25) is 0 Å². The number of hydrogen-bond acceptors (Lipinski definition) is 5. The zero-order chi connectivity index (χ0) is 24.0. The van der Waals surface area contributed by atoms with Gasteiger partial charge in [0.15, 0.2) is 5.69 Å². The number of imidazole rings is 1. The SMILES string of the molecule is Cn1cnc(CN(C(=O)c2cnnn2-c2ccccc2)c2ccc(OCc3ccccc3)cc2)c1. The fraction of sp³-hybridized carbons (Fsp3) is 0.111. The summed E-state index contributed by atoms with van der Waals surface area (Å²) in [5.74, 6) is 0.487. The number of amides is 1. The number of ether oxygens (including phenoxy) is 1. The second kappa shape index (κ2) is 10.0. The van der Waals surface area contributed by atoms with Crippen molar-refractivity contribution in [1.29, 1.82) is 0 Å². The molecule has 0 saturated heterocycles. The van der Waals surface area contributed by atoms with Crippen LogP contribution in [0, 0.1) is 0 Å². The second-order valence-electron chi connectivity index (χ2n) is 8.06. The van der Waals surface area contributed by atoms with Crippen molar-refractivity contribution in [2.24, 2.45) is 7.05 Å². The maximum atomic E-state index is 13.8. The van der Waals surface area contributed by atoms with Crippen molar-refractivity contribution >= 4 is 11.6 Å². The van der Waals surface area contributed by atoms with Crippen LogP contribution in [0.15, 0.2) is 104 Å². The third-order valence-electron chi connectivity index (χ3n) is 5.49. The van der Waals surface area contributed by atoms with Crippen molar-refractivity contribution in [2.45, 2.75) is 13.2 Å². The number of carbonyl (C=O) groups excluding carboxylic acids is 1. The highest BCUT2D eigenvalue weighted by Crippen LogP contribution is 2.24. The van der Waals surface area contributed by atoms with Gasteiger partial charge in [0.2, 0.25) is 0 Å². The maximum absolute atomic E-state index is 13.8. The van der Waals surface area contributed by atoms with Gasteiger partial charge in [-0.2, -0.15) is 0 Å². The first-order valence-electron chi connectivity index (χ1n) is 11.2. The molecule has 0 spiro atoms. The lowest BCUT2D eigenvalue weighted by Gasteiger charge is -2.22. The van der Waals surface area contributed by atoms with Gasteiger partial charge in [-0.05, 0) is 42.0 Å². The number of aromatic nitrogens is 5. The monoisotopic (exact) mass is 464 g/mol. The van der Waals surface area contributed by atoms with E-state index in [4.69, 9.17) is 4.74 Å². The number of para-hydroxylation sites is 1. The molecule has 0 aliphatic rings. The molecule has 3 aromatic carbocycles. The Morgan fingerprint density at radius 2 is 1.66 bits per heavy atom. The summed E-state index contributed by atoms with van der Waals surface area (Å²) in [7, 11) is 1.90. The van der Waals surface area contributed by atoms with Crippen LogP contribution in [0.5, 0.6) is 5.75 Å². The average Bonchev–Trinajstić information content (AvgIpc) is 3.56. The number of anilines is 1. The zero-order valence-electron chi connectivity index (χ0n) is 19.2. The highest BCUT2D eigenvalue weighted by molar-refractivity contribution is 6.05. The molecule has 0 fully saturated rings. The average molecular weight is 465 g/mol. The predicted molar refractivity (Wildman–Crippen MR) is 132 cm³/mol. The number of nitrogens with zero attached hydrogens (tertiary/aromatic N) is 6.